The van der Waals surface area contributed by atoms with Crippen LogP contribution in [0.4, 0.5) is 8.78 Å². The van der Waals surface area contributed by atoms with Gasteiger partial charge in [-0.1, -0.05) is 12.1 Å². The second-order valence-electron chi connectivity index (χ2n) is 8.11. The van der Waals surface area contributed by atoms with E-state index < -0.39 is 11.6 Å². The zero-order valence-corrected chi connectivity index (χ0v) is 17.6. The molecule has 2 aromatic carbocycles. The second kappa shape index (κ2) is 8.93. The molecule has 1 fully saturated rings. The number of H-pyrrole nitrogens is 1. The van der Waals surface area contributed by atoms with Crippen molar-refractivity contribution in [3.63, 3.8) is 0 Å². The van der Waals surface area contributed by atoms with Crippen molar-refractivity contribution in [2.24, 2.45) is 5.73 Å². The molecule has 1 aliphatic rings. The average molecular weight is 435 g/mol. The van der Waals surface area contributed by atoms with Gasteiger partial charge in [-0.2, -0.15) is 5.26 Å². The third kappa shape index (κ3) is 4.14. The molecule has 0 unspecified atom stereocenters. The minimum Gasteiger partial charge on any atom is -0.494 e. The third-order valence-electron chi connectivity index (χ3n) is 6.11. The Labute approximate surface area is 184 Å². The Kier molecular flexibility index (Phi) is 6.06. The topological polar surface area (TPSA) is 91.9 Å². The summed E-state index contributed by atoms with van der Waals surface area (Å²) in [6.45, 7) is 0. The van der Waals surface area contributed by atoms with Gasteiger partial charge < -0.3 is 15.5 Å². The Morgan fingerprint density at radius 3 is 2.34 bits per heavy atom. The molecule has 1 aliphatic carbocycles. The Hall–Kier alpha value is -3.50. The van der Waals surface area contributed by atoms with Crippen LogP contribution in [0.2, 0.25) is 0 Å². The lowest BCUT2D eigenvalue weighted by molar-refractivity contribution is 0.386. The van der Waals surface area contributed by atoms with Crippen LogP contribution in [-0.2, 0) is 0 Å². The van der Waals surface area contributed by atoms with E-state index in [1.165, 1.54) is 31.4 Å². The summed E-state index contributed by atoms with van der Waals surface area (Å²) in [5, 5.41) is 9.06. The molecule has 0 radical (unpaired) electrons. The number of aromatic nitrogens is 1. The SMILES string of the molecule is COc1ccc(-c2c(-c3ccc(C#N)c(F)c3)cc(C3CCC(N)CC3)[nH]c2=O)cc1F. The molecule has 0 aliphatic heterocycles. The fraction of sp³-hybridized carbons (Fsp3) is 0.280. The Morgan fingerprint density at radius 1 is 1.03 bits per heavy atom. The van der Waals surface area contributed by atoms with Gasteiger partial charge in [0.05, 0.1) is 18.2 Å². The first-order valence-electron chi connectivity index (χ1n) is 10.5. The molecule has 3 aromatic rings. The van der Waals surface area contributed by atoms with E-state index in [-0.39, 0.29) is 34.4 Å². The van der Waals surface area contributed by atoms with E-state index in [1.807, 2.05) is 6.07 Å². The van der Waals surface area contributed by atoms with Crippen molar-refractivity contribution in [1.29, 1.82) is 5.26 Å². The van der Waals surface area contributed by atoms with E-state index in [1.54, 1.807) is 18.2 Å². The summed E-state index contributed by atoms with van der Waals surface area (Å²) in [5.74, 6) is -1.09. The number of methoxy groups -OCH3 is 1. The van der Waals surface area contributed by atoms with Crippen molar-refractivity contribution in [2.45, 2.75) is 37.6 Å². The van der Waals surface area contributed by atoms with E-state index in [9.17, 15) is 13.6 Å². The largest absolute Gasteiger partial charge is 0.494 e. The molecule has 1 heterocycles. The van der Waals surface area contributed by atoms with E-state index in [0.29, 0.717) is 16.7 Å². The second-order valence-corrected chi connectivity index (χ2v) is 8.11. The van der Waals surface area contributed by atoms with Crippen LogP contribution < -0.4 is 16.0 Å². The van der Waals surface area contributed by atoms with Gasteiger partial charge in [-0.05, 0) is 78.6 Å². The molecule has 7 heteroatoms. The van der Waals surface area contributed by atoms with Gasteiger partial charge in [0.1, 0.15) is 11.9 Å². The molecule has 0 atom stereocenters. The van der Waals surface area contributed by atoms with Gasteiger partial charge in [-0.15, -0.1) is 0 Å². The number of ether oxygens (including phenoxy) is 1. The van der Waals surface area contributed by atoms with Crippen LogP contribution in [-0.4, -0.2) is 18.1 Å². The van der Waals surface area contributed by atoms with Crippen LogP contribution in [0.25, 0.3) is 22.3 Å². The van der Waals surface area contributed by atoms with Gasteiger partial charge in [-0.3, -0.25) is 4.79 Å². The zero-order valence-electron chi connectivity index (χ0n) is 17.6. The number of rotatable bonds is 4. The molecule has 0 spiro atoms. The average Bonchev–Trinajstić information content (AvgIpc) is 2.79. The van der Waals surface area contributed by atoms with Crippen LogP contribution >= 0.6 is 0 Å². The molecule has 164 valence electrons. The number of nitrogens with one attached hydrogen (secondary N) is 1. The fourth-order valence-corrected chi connectivity index (χ4v) is 4.34. The quantitative estimate of drug-likeness (QED) is 0.613. The van der Waals surface area contributed by atoms with Crippen molar-refractivity contribution in [2.75, 3.05) is 7.11 Å². The molecule has 0 saturated heterocycles. The highest BCUT2D eigenvalue weighted by Gasteiger charge is 2.24. The minimum absolute atomic E-state index is 0.0614. The molecule has 0 bridgehead atoms. The van der Waals surface area contributed by atoms with Crippen molar-refractivity contribution in [1.82, 2.24) is 4.98 Å². The maximum absolute atomic E-state index is 14.4. The first-order valence-corrected chi connectivity index (χ1v) is 10.5. The van der Waals surface area contributed by atoms with Gasteiger partial charge >= 0.3 is 0 Å². The number of nitrogens with zero attached hydrogens (tertiary/aromatic N) is 1. The predicted octanol–water partition coefficient (Wildman–Crippen LogP) is 4.85. The van der Waals surface area contributed by atoms with Gasteiger partial charge in [0.15, 0.2) is 11.6 Å². The summed E-state index contributed by atoms with van der Waals surface area (Å²) >= 11 is 0. The van der Waals surface area contributed by atoms with Gasteiger partial charge in [-0.25, -0.2) is 8.78 Å². The Morgan fingerprint density at radius 2 is 1.72 bits per heavy atom. The van der Waals surface area contributed by atoms with Crippen LogP contribution in [0.1, 0.15) is 42.9 Å². The third-order valence-corrected chi connectivity index (χ3v) is 6.11. The monoisotopic (exact) mass is 435 g/mol. The lowest BCUT2D eigenvalue weighted by Gasteiger charge is -2.26. The van der Waals surface area contributed by atoms with Crippen LogP contribution in [0.15, 0.2) is 47.3 Å². The Balaban J connectivity index is 1.91. The summed E-state index contributed by atoms with van der Waals surface area (Å²) in [5.41, 5.74) is 7.79. The number of aromatic amines is 1. The normalized spacial score (nSPS) is 18.2. The predicted molar refractivity (Wildman–Crippen MR) is 118 cm³/mol. The maximum Gasteiger partial charge on any atom is 0.256 e. The van der Waals surface area contributed by atoms with Crippen LogP contribution in [0.5, 0.6) is 5.75 Å². The lowest BCUT2D eigenvalue weighted by atomic mass is 9.83. The number of nitriles is 1. The van der Waals surface area contributed by atoms with E-state index >= 15 is 0 Å². The summed E-state index contributed by atoms with van der Waals surface area (Å²) in [4.78, 5) is 16.2. The smallest absolute Gasteiger partial charge is 0.256 e. The van der Waals surface area contributed by atoms with Gasteiger partial charge in [0, 0.05) is 11.7 Å². The zero-order chi connectivity index (χ0) is 22.8. The van der Waals surface area contributed by atoms with Gasteiger partial charge in [0.25, 0.3) is 5.56 Å². The number of pyridine rings is 1. The number of nitrogens with two attached hydrogens (primary N) is 1. The Bertz CT molecular complexity index is 1260. The summed E-state index contributed by atoms with van der Waals surface area (Å²) in [6.07, 6.45) is 3.40. The standard InChI is InChI=1S/C25H23F2N3O2/c1-32-23-9-6-16(11-21(23)27)24-19(15-2-3-17(13-28)20(26)10-15)12-22(30-25(24)31)14-4-7-18(29)8-5-14/h2-3,6,9-12,14,18H,4-5,7-8,29H2,1H3,(H,30,31). The van der Waals surface area contributed by atoms with E-state index in [2.05, 4.69) is 4.98 Å². The highest BCUT2D eigenvalue weighted by molar-refractivity contribution is 5.83. The molecule has 1 saturated carbocycles. The van der Waals surface area contributed by atoms with Crippen LogP contribution in [0, 0.1) is 23.0 Å². The highest BCUT2D eigenvalue weighted by atomic mass is 19.1. The van der Waals surface area contributed by atoms with Gasteiger partial charge in [0.2, 0.25) is 0 Å². The number of hydrogen-bond acceptors (Lipinski definition) is 4. The number of hydrogen-bond donors (Lipinski definition) is 2. The van der Waals surface area contributed by atoms with Crippen molar-refractivity contribution >= 4 is 0 Å². The molecule has 3 N–H and O–H groups in total. The molecular weight excluding hydrogens is 412 g/mol. The fourth-order valence-electron chi connectivity index (χ4n) is 4.34. The maximum atomic E-state index is 14.4. The molecule has 32 heavy (non-hydrogen) atoms. The van der Waals surface area contributed by atoms with E-state index in [0.717, 1.165) is 31.4 Å². The summed E-state index contributed by atoms with van der Waals surface area (Å²) in [7, 11) is 1.36. The highest BCUT2D eigenvalue weighted by Crippen LogP contribution is 2.37. The number of benzene rings is 2. The molecule has 1 aromatic heterocycles. The van der Waals surface area contributed by atoms with Crippen molar-refractivity contribution in [3.8, 4) is 34.1 Å². The van der Waals surface area contributed by atoms with Crippen molar-refractivity contribution in [3.05, 3.63) is 75.7 Å². The lowest BCUT2D eigenvalue weighted by Crippen LogP contribution is -2.27. The number of halogens is 2. The minimum atomic E-state index is -0.678. The molecular formula is C25H23F2N3O2. The summed E-state index contributed by atoms with van der Waals surface area (Å²) in [6, 6.07) is 12.3. The first kappa shape index (κ1) is 21.7. The first-order chi connectivity index (χ1) is 15.4. The van der Waals surface area contributed by atoms with Crippen LogP contribution in [0.3, 0.4) is 0 Å². The van der Waals surface area contributed by atoms with E-state index in [4.69, 9.17) is 15.7 Å². The van der Waals surface area contributed by atoms with Crippen molar-refractivity contribution < 1.29 is 13.5 Å². The molecule has 0 amide bonds. The molecule has 4 rings (SSSR count). The molecule has 5 nitrogen and oxygen atoms in total. The summed E-state index contributed by atoms with van der Waals surface area (Å²) < 4.78 is 33.8.